The SMILES string of the molecule is CCCCCC(CC)C(C(=O)[O-])C(=O)c1ccccn1. The van der Waals surface area contributed by atoms with Gasteiger partial charge in [-0.1, -0.05) is 45.6 Å². The average Bonchev–Trinajstić information content (AvgIpc) is 2.46. The molecule has 20 heavy (non-hydrogen) atoms. The molecule has 1 aromatic rings. The van der Waals surface area contributed by atoms with Gasteiger partial charge in [0.1, 0.15) is 5.69 Å². The van der Waals surface area contributed by atoms with Gasteiger partial charge in [-0.25, -0.2) is 0 Å². The summed E-state index contributed by atoms with van der Waals surface area (Å²) in [6, 6.07) is 4.94. The van der Waals surface area contributed by atoms with Crippen molar-refractivity contribution in [3.63, 3.8) is 0 Å². The molecule has 0 aliphatic heterocycles. The Kier molecular flexibility index (Phi) is 6.91. The highest BCUT2D eigenvalue weighted by Gasteiger charge is 2.29. The van der Waals surface area contributed by atoms with Crippen molar-refractivity contribution >= 4 is 11.8 Å². The molecular weight excluding hydrogens is 254 g/mol. The van der Waals surface area contributed by atoms with Crippen molar-refractivity contribution in [2.75, 3.05) is 0 Å². The van der Waals surface area contributed by atoms with Gasteiger partial charge in [-0.3, -0.25) is 9.78 Å². The number of aromatic nitrogens is 1. The summed E-state index contributed by atoms with van der Waals surface area (Å²) in [4.78, 5) is 27.7. The number of hydrogen-bond donors (Lipinski definition) is 0. The third-order valence-electron chi connectivity index (χ3n) is 3.63. The van der Waals surface area contributed by atoms with Gasteiger partial charge in [0.2, 0.25) is 0 Å². The maximum absolute atomic E-state index is 12.3. The van der Waals surface area contributed by atoms with Crippen LogP contribution in [0, 0.1) is 11.8 Å². The molecule has 0 radical (unpaired) electrons. The number of hydrogen-bond acceptors (Lipinski definition) is 4. The Morgan fingerprint density at radius 2 is 2.00 bits per heavy atom. The van der Waals surface area contributed by atoms with Gasteiger partial charge in [0, 0.05) is 6.20 Å². The third kappa shape index (κ3) is 4.44. The first-order chi connectivity index (χ1) is 9.61. The number of nitrogens with zero attached hydrogens (tertiary/aromatic N) is 1. The number of aliphatic carboxylic acids is 1. The topological polar surface area (TPSA) is 70.1 Å². The standard InChI is InChI=1S/C16H23NO3/c1-3-5-6-9-12(4-2)14(16(19)20)15(18)13-10-7-8-11-17-13/h7-8,10-12,14H,3-6,9H2,1-2H3,(H,19,20)/p-1. The molecule has 4 nitrogen and oxygen atoms in total. The van der Waals surface area contributed by atoms with Gasteiger partial charge in [-0.05, 0) is 24.5 Å². The minimum Gasteiger partial charge on any atom is -0.549 e. The number of rotatable bonds is 9. The fourth-order valence-electron chi connectivity index (χ4n) is 2.44. The lowest BCUT2D eigenvalue weighted by Crippen LogP contribution is -2.41. The van der Waals surface area contributed by atoms with Crippen molar-refractivity contribution in [3.05, 3.63) is 30.1 Å². The van der Waals surface area contributed by atoms with Crippen molar-refractivity contribution in [1.82, 2.24) is 4.98 Å². The molecule has 0 saturated carbocycles. The predicted molar refractivity (Wildman–Crippen MR) is 75.0 cm³/mol. The molecule has 1 rings (SSSR count). The van der Waals surface area contributed by atoms with Crippen molar-refractivity contribution in [2.45, 2.75) is 46.0 Å². The first-order valence-electron chi connectivity index (χ1n) is 7.27. The number of carboxylic acids is 1. The molecule has 0 N–H and O–H groups in total. The second-order valence-electron chi connectivity index (χ2n) is 5.04. The second kappa shape index (κ2) is 8.46. The minimum absolute atomic E-state index is 0.180. The summed E-state index contributed by atoms with van der Waals surface area (Å²) >= 11 is 0. The molecule has 0 saturated heterocycles. The van der Waals surface area contributed by atoms with Crippen LogP contribution in [-0.2, 0) is 4.79 Å². The summed E-state index contributed by atoms with van der Waals surface area (Å²) in [5.41, 5.74) is 0.204. The van der Waals surface area contributed by atoms with E-state index in [-0.39, 0.29) is 11.6 Å². The van der Waals surface area contributed by atoms with Crippen LogP contribution in [-0.4, -0.2) is 16.7 Å². The highest BCUT2D eigenvalue weighted by molar-refractivity contribution is 6.06. The first kappa shape index (κ1) is 16.3. The van der Waals surface area contributed by atoms with E-state index in [2.05, 4.69) is 11.9 Å². The molecule has 0 aliphatic rings. The Hall–Kier alpha value is -1.71. The van der Waals surface area contributed by atoms with Crippen LogP contribution in [0.25, 0.3) is 0 Å². The largest absolute Gasteiger partial charge is 0.549 e. The molecular formula is C16H22NO3-. The van der Waals surface area contributed by atoms with E-state index in [9.17, 15) is 14.7 Å². The van der Waals surface area contributed by atoms with E-state index in [4.69, 9.17) is 0 Å². The third-order valence-corrected chi connectivity index (χ3v) is 3.63. The summed E-state index contributed by atoms with van der Waals surface area (Å²) < 4.78 is 0. The molecule has 110 valence electrons. The number of Topliss-reactive ketones (excluding diaryl/α,β-unsaturated/α-hetero) is 1. The molecule has 0 fully saturated rings. The van der Waals surface area contributed by atoms with Gasteiger partial charge >= 0.3 is 0 Å². The van der Waals surface area contributed by atoms with Crippen molar-refractivity contribution in [1.29, 1.82) is 0 Å². The van der Waals surface area contributed by atoms with Crippen LogP contribution < -0.4 is 5.11 Å². The Morgan fingerprint density at radius 1 is 1.25 bits per heavy atom. The highest BCUT2D eigenvalue weighted by Crippen LogP contribution is 2.25. The van der Waals surface area contributed by atoms with E-state index in [0.717, 1.165) is 25.7 Å². The van der Waals surface area contributed by atoms with Crippen LogP contribution in [0.4, 0.5) is 0 Å². The maximum atomic E-state index is 12.3. The number of carbonyl (C=O) groups excluding carboxylic acids is 2. The molecule has 0 bridgehead atoms. The normalized spacial score (nSPS) is 13.7. The zero-order valence-corrected chi connectivity index (χ0v) is 12.2. The average molecular weight is 276 g/mol. The van der Waals surface area contributed by atoms with E-state index in [0.29, 0.717) is 6.42 Å². The van der Waals surface area contributed by atoms with Crippen molar-refractivity contribution in [2.24, 2.45) is 11.8 Å². The fourth-order valence-corrected chi connectivity index (χ4v) is 2.44. The molecule has 2 unspecified atom stereocenters. The Bertz CT molecular complexity index is 431. The Morgan fingerprint density at radius 3 is 2.50 bits per heavy atom. The van der Waals surface area contributed by atoms with Crippen molar-refractivity contribution in [3.8, 4) is 0 Å². The van der Waals surface area contributed by atoms with E-state index in [1.165, 1.54) is 6.20 Å². The van der Waals surface area contributed by atoms with Crippen LogP contribution in [0.2, 0.25) is 0 Å². The summed E-state index contributed by atoms with van der Waals surface area (Å²) in [5.74, 6) is -2.99. The molecule has 0 spiro atoms. The molecule has 4 heteroatoms. The van der Waals surface area contributed by atoms with Gasteiger partial charge in [-0.15, -0.1) is 0 Å². The van der Waals surface area contributed by atoms with Gasteiger partial charge in [0.15, 0.2) is 5.78 Å². The Labute approximate surface area is 120 Å². The lowest BCUT2D eigenvalue weighted by atomic mass is 9.82. The molecule has 1 heterocycles. The second-order valence-corrected chi connectivity index (χ2v) is 5.04. The van der Waals surface area contributed by atoms with Gasteiger partial charge in [-0.2, -0.15) is 0 Å². The number of carboxylic acid groups (broad SMARTS) is 1. The Balaban J connectivity index is 2.86. The van der Waals surface area contributed by atoms with E-state index in [1.807, 2.05) is 6.92 Å². The lowest BCUT2D eigenvalue weighted by molar-refractivity contribution is -0.310. The van der Waals surface area contributed by atoms with Crippen LogP contribution in [0.3, 0.4) is 0 Å². The fraction of sp³-hybridized carbons (Fsp3) is 0.562. The summed E-state index contributed by atoms with van der Waals surface area (Å²) in [6.45, 7) is 4.01. The van der Waals surface area contributed by atoms with Gasteiger partial charge in [0.25, 0.3) is 0 Å². The number of unbranched alkanes of at least 4 members (excludes halogenated alkanes) is 2. The van der Waals surface area contributed by atoms with Crippen LogP contribution in [0.5, 0.6) is 0 Å². The first-order valence-corrected chi connectivity index (χ1v) is 7.27. The molecule has 0 aliphatic carbocycles. The van der Waals surface area contributed by atoms with E-state index < -0.39 is 17.7 Å². The quantitative estimate of drug-likeness (QED) is 0.394. The van der Waals surface area contributed by atoms with Crippen LogP contribution in [0.1, 0.15) is 56.4 Å². The maximum Gasteiger partial charge on any atom is 0.190 e. The number of carbonyl (C=O) groups is 2. The zero-order chi connectivity index (χ0) is 15.0. The smallest absolute Gasteiger partial charge is 0.190 e. The predicted octanol–water partition coefficient (Wildman–Crippen LogP) is 2.24. The molecule has 0 aromatic carbocycles. The van der Waals surface area contributed by atoms with Gasteiger partial charge in [0.05, 0.1) is 11.9 Å². The summed E-state index contributed by atoms with van der Waals surface area (Å²) in [5, 5.41) is 11.4. The van der Waals surface area contributed by atoms with Crippen LogP contribution >= 0.6 is 0 Å². The summed E-state index contributed by atoms with van der Waals surface area (Å²) in [7, 11) is 0. The van der Waals surface area contributed by atoms with Crippen molar-refractivity contribution < 1.29 is 14.7 Å². The van der Waals surface area contributed by atoms with E-state index in [1.54, 1.807) is 18.2 Å². The zero-order valence-electron chi connectivity index (χ0n) is 12.2. The van der Waals surface area contributed by atoms with E-state index >= 15 is 0 Å². The monoisotopic (exact) mass is 276 g/mol. The number of pyridine rings is 1. The summed E-state index contributed by atoms with van der Waals surface area (Å²) in [6.07, 6.45) is 5.95. The highest BCUT2D eigenvalue weighted by atomic mass is 16.4. The molecule has 2 atom stereocenters. The molecule has 1 aromatic heterocycles. The minimum atomic E-state index is -1.29. The lowest BCUT2D eigenvalue weighted by Gasteiger charge is -2.25. The van der Waals surface area contributed by atoms with Crippen LogP contribution in [0.15, 0.2) is 24.4 Å². The number of ketones is 1. The molecule has 0 amide bonds. The van der Waals surface area contributed by atoms with Gasteiger partial charge < -0.3 is 9.90 Å².